The van der Waals surface area contributed by atoms with Crippen molar-refractivity contribution >= 4 is 0 Å². The molecule has 0 bridgehead atoms. The zero-order valence-electron chi connectivity index (χ0n) is 7.46. The van der Waals surface area contributed by atoms with Gasteiger partial charge >= 0.3 is 0 Å². The van der Waals surface area contributed by atoms with Gasteiger partial charge in [-0.15, -0.1) is 12.3 Å². The summed E-state index contributed by atoms with van der Waals surface area (Å²) < 4.78 is 0. The molecule has 1 aromatic rings. The Balaban J connectivity index is 2.37. The van der Waals surface area contributed by atoms with Crippen molar-refractivity contribution in [2.24, 2.45) is 0 Å². The topological polar surface area (TPSA) is 32.3 Å². The first-order valence-electron chi connectivity index (χ1n) is 4.25. The van der Waals surface area contributed by atoms with Gasteiger partial charge in [0.05, 0.1) is 0 Å². The van der Waals surface area contributed by atoms with Crippen LogP contribution in [0.15, 0.2) is 24.3 Å². The molecule has 0 atom stereocenters. The molecule has 1 rings (SSSR count). The predicted octanol–water partition coefficient (Wildman–Crippen LogP) is 1.51. The molecular formula is C11H13NO. The molecule has 0 unspecified atom stereocenters. The van der Waals surface area contributed by atoms with Gasteiger partial charge in [-0.05, 0) is 6.07 Å². The second-order valence-corrected chi connectivity index (χ2v) is 2.76. The summed E-state index contributed by atoms with van der Waals surface area (Å²) in [4.78, 5) is 0. The number of phenols is 1. The van der Waals surface area contributed by atoms with E-state index in [0.717, 1.165) is 12.1 Å². The molecule has 0 saturated carbocycles. The molecule has 2 heteroatoms. The van der Waals surface area contributed by atoms with Gasteiger partial charge in [-0.1, -0.05) is 18.2 Å². The van der Waals surface area contributed by atoms with Gasteiger partial charge in [0.2, 0.25) is 0 Å². The minimum absolute atomic E-state index is 0.329. The normalized spacial score (nSPS) is 9.46. The Hall–Kier alpha value is -1.46. The van der Waals surface area contributed by atoms with Crippen molar-refractivity contribution in [3.63, 3.8) is 0 Å². The number of phenolic OH excluding ortho intramolecular Hbond substituents is 1. The van der Waals surface area contributed by atoms with E-state index in [-0.39, 0.29) is 0 Å². The quantitative estimate of drug-likeness (QED) is 0.537. The van der Waals surface area contributed by atoms with Crippen LogP contribution in [0.1, 0.15) is 12.0 Å². The van der Waals surface area contributed by atoms with Crippen molar-refractivity contribution in [2.45, 2.75) is 13.0 Å². The molecule has 68 valence electrons. The molecule has 0 aliphatic carbocycles. The molecule has 0 aromatic heterocycles. The fourth-order valence-corrected chi connectivity index (χ4v) is 1.04. The predicted molar refractivity (Wildman–Crippen MR) is 53.3 cm³/mol. The van der Waals surface area contributed by atoms with E-state index in [1.165, 1.54) is 0 Å². The van der Waals surface area contributed by atoms with Crippen LogP contribution in [0.25, 0.3) is 0 Å². The Morgan fingerprint density at radius 1 is 1.38 bits per heavy atom. The number of para-hydroxylation sites is 1. The summed E-state index contributed by atoms with van der Waals surface area (Å²) in [5.74, 6) is 2.87. The van der Waals surface area contributed by atoms with Gasteiger partial charge in [0, 0.05) is 25.1 Å². The lowest BCUT2D eigenvalue weighted by atomic mass is 10.2. The van der Waals surface area contributed by atoms with E-state index in [1.807, 2.05) is 12.1 Å². The summed E-state index contributed by atoms with van der Waals surface area (Å²) in [6.45, 7) is 1.44. The number of aromatic hydroxyl groups is 1. The van der Waals surface area contributed by atoms with E-state index in [2.05, 4.69) is 11.2 Å². The van der Waals surface area contributed by atoms with Gasteiger partial charge in [0.1, 0.15) is 5.75 Å². The van der Waals surface area contributed by atoms with E-state index in [4.69, 9.17) is 6.42 Å². The molecule has 2 nitrogen and oxygen atoms in total. The fraction of sp³-hybridized carbons (Fsp3) is 0.273. The highest BCUT2D eigenvalue weighted by molar-refractivity contribution is 5.31. The lowest BCUT2D eigenvalue weighted by molar-refractivity contribution is 0.465. The lowest BCUT2D eigenvalue weighted by Crippen LogP contribution is -2.14. The first kappa shape index (κ1) is 9.63. The Morgan fingerprint density at radius 2 is 2.15 bits per heavy atom. The zero-order valence-corrected chi connectivity index (χ0v) is 7.46. The SMILES string of the molecule is C#CCCNCc1ccccc1O. The Bertz CT molecular complexity index is 301. The number of hydrogen-bond acceptors (Lipinski definition) is 2. The van der Waals surface area contributed by atoms with Crippen molar-refractivity contribution in [1.29, 1.82) is 0 Å². The van der Waals surface area contributed by atoms with Crippen molar-refractivity contribution in [3.8, 4) is 18.1 Å². The monoisotopic (exact) mass is 175 g/mol. The Labute approximate surface area is 78.6 Å². The van der Waals surface area contributed by atoms with E-state index >= 15 is 0 Å². The van der Waals surface area contributed by atoms with E-state index in [1.54, 1.807) is 12.1 Å². The van der Waals surface area contributed by atoms with Crippen molar-refractivity contribution < 1.29 is 5.11 Å². The molecule has 0 fully saturated rings. The van der Waals surface area contributed by atoms with Gasteiger partial charge in [-0.25, -0.2) is 0 Å². The van der Waals surface area contributed by atoms with Crippen LogP contribution in [0.3, 0.4) is 0 Å². The number of terminal acetylenes is 1. The molecule has 0 radical (unpaired) electrons. The molecule has 0 heterocycles. The average molecular weight is 175 g/mol. The van der Waals surface area contributed by atoms with Crippen molar-refractivity contribution in [1.82, 2.24) is 5.32 Å². The van der Waals surface area contributed by atoms with Crippen LogP contribution in [-0.4, -0.2) is 11.7 Å². The minimum Gasteiger partial charge on any atom is -0.508 e. The van der Waals surface area contributed by atoms with Crippen molar-refractivity contribution in [3.05, 3.63) is 29.8 Å². The summed E-state index contributed by atoms with van der Waals surface area (Å²) in [5.41, 5.74) is 0.902. The highest BCUT2D eigenvalue weighted by atomic mass is 16.3. The fourth-order valence-electron chi connectivity index (χ4n) is 1.04. The van der Waals surface area contributed by atoms with Crippen LogP contribution in [0.5, 0.6) is 5.75 Å². The van der Waals surface area contributed by atoms with Gasteiger partial charge < -0.3 is 10.4 Å². The van der Waals surface area contributed by atoms with Crippen LogP contribution in [0.4, 0.5) is 0 Å². The number of benzene rings is 1. The molecule has 0 saturated heterocycles. The molecule has 13 heavy (non-hydrogen) atoms. The van der Waals surface area contributed by atoms with Crippen molar-refractivity contribution in [2.75, 3.05) is 6.54 Å². The third kappa shape index (κ3) is 3.18. The summed E-state index contributed by atoms with van der Waals surface area (Å²) in [7, 11) is 0. The first-order chi connectivity index (χ1) is 6.34. The van der Waals surface area contributed by atoms with E-state index < -0.39 is 0 Å². The maximum absolute atomic E-state index is 9.39. The number of hydrogen-bond donors (Lipinski definition) is 2. The highest BCUT2D eigenvalue weighted by Crippen LogP contribution is 2.14. The third-order valence-electron chi connectivity index (χ3n) is 1.75. The van der Waals surface area contributed by atoms with Crippen LogP contribution >= 0.6 is 0 Å². The van der Waals surface area contributed by atoms with Gasteiger partial charge in [-0.2, -0.15) is 0 Å². The zero-order chi connectivity index (χ0) is 9.52. The molecule has 0 aliphatic rings. The van der Waals surface area contributed by atoms with Crippen LogP contribution in [0.2, 0.25) is 0 Å². The minimum atomic E-state index is 0.329. The van der Waals surface area contributed by atoms with Crippen LogP contribution in [-0.2, 0) is 6.54 Å². The standard InChI is InChI=1S/C11H13NO/c1-2-3-8-12-9-10-6-4-5-7-11(10)13/h1,4-7,12-13H,3,8-9H2. The second kappa shape index (κ2) is 5.23. The highest BCUT2D eigenvalue weighted by Gasteiger charge is 1.96. The summed E-state index contributed by atoms with van der Waals surface area (Å²) in [6.07, 6.45) is 5.81. The first-order valence-corrected chi connectivity index (χ1v) is 4.25. The van der Waals surface area contributed by atoms with E-state index in [9.17, 15) is 5.11 Å². The summed E-state index contributed by atoms with van der Waals surface area (Å²) in [5, 5.41) is 12.5. The third-order valence-corrected chi connectivity index (χ3v) is 1.75. The van der Waals surface area contributed by atoms with Crippen LogP contribution < -0.4 is 5.32 Å². The lowest BCUT2D eigenvalue weighted by Gasteiger charge is -2.04. The van der Waals surface area contributed by atoms with Gasteiger partial charge in [0.15, 0.2) is 0 Å². The molecule has 0 spiro atoms. The molecule has 0 amide bonds. The maximum atomic E-state index is 9.39. The molecule has 1 aromatic carbocycles. The number of rotatable bonds is 4. The van der Waals surface area contributed by atoms with Gasteiger partial charge in [0.25, 0.3) is 0 Å². The summed E-state index contributed by atoms with van der Waals surface area (Å²) in [6, 6.07) is 7.27. The Morgan fingerprint density at radius 3 is 2.85 bits per heavy atom. The summed E-state index contributed by atoms with van der Waals surface area (Å²) >= 11 is 0. The molecule has 2 N–H and O–H groups in total. The van der Waals surface area contributed by atoms with E-state index in [0.29, 0.717) is 18.7 Å². The molecular weight excluding hydrogens is 162 g/mol. The molecule has 0 aliphatic heterocycles. The largest absolute Gasteiger partial charge is 0.508 e. The van der Waals surface area contributed by atoms with Crippen LogP contribution in [0, 0.1) is 12.3 Å². The average Bonchev–Trinajstić information content (AvgIpc) is 2.15. The Kier molecular flexibility index (Phi) is 3.87. The smallest absolute Gasteiger partial charge is 0.120 e. The second-order valence-electron chi connectivity index (χ2n) is 2.76. The maximum Gasteiger partial charge on any atom is 0.120 e. The number of nitrogens with one attached hydrogen (secondary N) is 1. The van der Waals surface area contributed by atoms with Gasteiger partial charge in [-0.3, -0.25) is 0 Å².